The van der Waals surface area contributed by atoms with Gasteiger partial charge in [-0.15, -0.1) is 11.3 Å². The molecular weight excluding hydrogens is 456 g/mol. The van der Waals surface area contributed by atoms with Crippen molar-refractivity contribution in [2.45, 2.75) is 31.6 Å². The molecule has 0 aliphatic carbocycles. The fraction of sp³-hybridized carbons (Fsp3) is 0.333. The van der Waals surface area contributed by atoms with Crippen molar-refractivity contribution in [3.8, 4) is 10.7 Å². The molecule has 2 aromatic heterocycles. The quantitative estimate of drug-likeness (QED) is 0.586. The minimum atomic E-state index is -3.81. The van der Waals surface area contributed by atoms with Crippen LogP contribution in [0.4, 0.5) is 5.69 Å². The Morgan fingerprint density at radius 1 is 1.16 bits per heavy atom. The van der Waals surface area contributed by atoms with Crippen molar-refractivity contribution in [1.29, 1.82) is 0 Å². The van der Waals surface area contributed by atoms with Gasteiger partial charge < -0.3 is 9.47 Å². The van der Waals surface area contributed by atoms with Gasteiger partial charge >= 0.3 is 0 Å². The van der Waals surface area contributed by atoms with Crippen LogP contribution in [0.2, 0.25) is 5.02 Å². The summed E-state index contributed by atoms with van der Waals surface area (Å²) >= 11 is 7.19. The highest BCUT2D eigenvalue weighted by molar-refractivity contribution is 7.92. The zero-order chi connectivity index (χ0) is 22.3. The van der Waals surface area contributed by atoms with Crippen LogP contribution in [-0.4, -0.2) is 41.9 Å². The molecule has 164 valence electrons. The largest absolute Gasteiger partial charge is 0.345 e. The zero-order valence-electron chi connectivity index (χ0n) is 17.5. The minimum Gasteiger partial charge on any atom is -0.345 e. The van der Waals surface area contributed by atoms with Gasteiger partial charge in [0.05, 0.1) is 11.4 Å². The number of benzene rings is 1. The molecule has 3 aromatic rings. The smallest absolute Gasteiger partial charge is 0.265 e. The maximum Gasteiger partial charge on any atom is 0.265 e. The normalized spacial score (nSPS) is 14.3. The standard InChI is InChI=1S/C21H23ClN4O3S2/c1-13-19(21(27)26-10-4-5-11-26)30-20(23-13)17-12-18(14(2)25(17)3)31(28,29)24-16-8-6-15(22)7-9-16/h6-9,12,24H,4-5,10-11H2,1-3H3. The number of carbonyl (C=O) groups excluding carboxylic acids is 1. The molecule has 1 aliphatic heterocycles. The highest BCUT2D eigenvalue weighted by atomic mass is 35.5. The Kier molecular flexibility index (Phi) is 5.85. The van der Waals surface area contributed by atoms with Crippen LogP contribution >= 0.6 is 22.9 Å². The van der Waals surface area contributed by atoms with Gasteiger partial charge in [-0.1, -0.05) is 11.6 Å². The van der Waals surface area contributed by atoms with Crippen molar-refractivity contribution in [2.24, 2.45) is 7.05 Å². The highest BCUT2D eigenvalue weighted by Crippen LogP contribution is 2.34. The molecule has 1 N–H and O–H groups in total. The number of rotatable bonds is 5. The van der Waals surface area contributed by atoms with Crippen molar-refractivity contribution in [2.75, 3.05) is 17.8 Å². The number of sulfonamides is 1. The molecule has 31 heavy (non-hydrogen) atoms. The van der Waals surface area contributed by atoms with Crippen molar-refractivity contribution in [3.05, 3.63) is 51.6 Å². The highest BCUT2D eigenvalue weighted by Gasteiger charge is 2.27. The van der Waals surface area contributed by atoms with E-state index in [1.54, 1.807) is 48.9 Å². The molecule has 0 saturated carbocycles. The number of hydrogen-bond acceptors (Lipinski definition) is 5. The van der Waals surface area contributed by atoms with Gasteiger partial charge in [0, 0.05) is 36.5 Å². The SMILES string of the molecule is Cc1nc(-c2cc(S(=O)(=O)Nc3ccc(Cl)cc3)c(C)n2C)sc1C(=O)N1CCCC1. The second-order valence-corrected chi connectivity index (χ2v) is 10.7. The topological polar surface area (TPSA) is 84.3 Å². The van der Waals surface area contributed by atoms with E-state index in [0.29, 0.717) is 37.7 Å². The average molecular weight is 479 g/mol. The summed E-state index contributed by atoms with van der Waals surface area (Å²) in [6.45, 7) is 5.11. The molecule has 1 fully saturated rings. The molecular formula is C21H23ClN4O3S2. The van der Waals surface area contributed by atoms with Crippen LogP contribution in [0.5, 0.6) is 0 Å². The molecule has 1 aliphatic rings. The van der Waals surface area contributed by atoms with E-state index in [-0.39, 0.29) is 10.8 Å². The van der Waals surface area contributed by atoms with Crippen LogP contribution in [0.3, 0.4) is 0 Å². The third-order valence-electron chi connectivity index (χ3n) is 5.48. The molecule has 10 heteroatoms. The number of nitrogens with one attached hydrogen (secondary N) is 1. The van der Waals surface area contributed by atoms with Gasteiger partial charge in [0.1, 0.15) is 14.8 Å². The van der Waals surface area contributed by atoms with Crippen LogP contribution < -0.4 is 4.72 Å². The molecule has 1 aromatic carbocycles. The lowest BCUT2D eigenvalue weighted by Crippen LogP contribution is -2.27. The lowest BCUT2D eigenvalue weighted by molar-refractivity contribution is 0.0796. The van der Waals surface area contributed by atoms with Crippen molar-refractivity contribution >= 4 is 44.6 Å². The number of carbonyl (C=O) groups is 1. The minimum absolute atomic E-state index is 0.00179. The molecule has 4 rings (SSSR count). The predicted octanol–water partition coefficient (Wildman–Crippen LogP) is 4.46. The first kappa shape index (κ1) is 21.9. The maximum atomic E-state index is 13.0. The van der Waals surface area contributed by atoms with Crippen molar-refractivity contribution in [1.82, 2.24) is 14.5 Å². The van der Waals surface area contributed by atoms with Crippen LogP contribution in [0, 0.1) is 13.8 Å². The monoisotopic (exact) mass is 478 g/mol. The Morgan fingerprint density at radius 3 is 2.45 bits per heavy atom. The van der Waals surface area contributed by atoms with E-state index < -0.39 is 10.0 Å². The van der Waals surface area contributed by atoms with Crippen LogP contribution in [0.25, 0.3) is 10.7 Å². The molecule has 7 nitrogen and oxygen atoms in total. The fourth-order valence-electron chi connectivity index (χ4n) is 3.64. The summed E-state index contributed by atoms with van der Waals surface area (Å²) in [7, 11) is -2.02. The summed E-state index contributed by atoms with van der Waals surface area (Å²) < 4.78 is 30.4. The first-order valence-electron chi connectivity index (χ1n) is 9.89. The second-order valence-electron chi connectivity index (χ2n) is 7.58. The first-order chi connectivity index (χ1) is 14.7. The maximum absolute atomic E-state index is 13.0. The number of anilines is 1. The molecule has 0 spiro atoms. The number of thiazole rings is 1. The van der Waals surface area contributed by atoms with E-state index in [1.807, 2.05) is 11.8 Å². The van der Waals surface area contributed by atoms with Gasteiger partial charge in [0.2, 0.25) is 0 Å². The van der Waals surface area contributed by atoms with Crippen LogP contribution in [0.1, 0.15) is 33.9 Å². The van der Waals surface area contributed by atoms with Crippen LogP contribution in [-0.2, 0) is 17.1 Å². The van der Waals surface area contributed by atoms with Gasteiger partial charge in [-0.25, -0.2) is 13.4 Å². The average Bonchev–Trinajstić information content (AvgIpc) is 3.44. The van der Waals surface area contributed by atoms with E-state index in [4.69, 9.17) is 11.6 Å². The fourth-order valence-corrected chi connectivity index (χ4v) is 6.21. The number of hydrogen-bond donors (Lipinski definition) is 1. The number of aromatic nitrogens is 2. The first-order valence-corrected chi connectivity index (χ1v) is 12.6. The molecule has 0 unspecified atom stereocenters. The van der Waals surface area contributed by atoms with Gasteiger partial charge in [-0.2, -0.15) is 0 Å². The molecule has 0 bridgehead atoms. The summed E-state index contributed by atoms with van der Waals surface area (Å²) in [5.41, 5.74) is 2.33. The van der Waals surface area contributed by atoms with Crippen LogP contribution in [0.15, 0.2) is 35.2 Å². The van der Waals surface area contributed by atoms with E-state index >= 15 is 0 Å². The van der Waals surface area contributed by atoms with Gasteiger partial charge in [-0.3, -0.25) is 9.52 Å². The Morgan fingerprint density at radius 2 is 1.81 bits per heavy atom. The molecule has 0 atom stereocenters. The summed E-state index contributed by atoms with van der Waals surface area (Å²) in [5.74, 6) is 0.00179. The Hall–Kier alpha value is -2.36. The van der Waals surface area contributed by atoms with E-state index in [1.165, 1.54) is 11.3 Å². The molecule has 3 heterocycles. The number of nitrogens with zero attached hydrogens (tertiary/aromatic N) is 3. The Balaban J connectivity index is 1.67. The van der Waals surface area contributed by atoms with E-state index in [2.05, 4.69) is 9.71 Å². The third kappa shape index (κ3) is 4.22. The predicted molar refractivity (Wildman–Crippen MR) is 123 cm³/mol. The summed E-state index contributed by atoms with van der Waals surface area (Å²) in [5, 5.41) is 1.15. The molecule has 1 amide bonds. The van der Waals surface area contributed by atoms with E-state index in [9.17, 15) is 13.2 Å². The van der Waals surface area contributed by atoms with E-state index in [0.717, 1.165) is 25.9 Å². The summed E-state index contributed by atoms with van der Waals surface area (Å²) in [6.07, 6.45) is 2.05. The number of likely N-dealkylation sites (tertiary alicyclic amines) is 1. The zero-order valence-corrected chi connectivity index (χ0v) is 19.9. The van der Waals surface area contributed by atoms with Crippen molar-refractivity contribution in [3.63, 3.8) is 0 Å². The Bertz CT molecular complexity index is 1240. The third-order valence-corrected chi connectivity index (χ3v) is 8.39. The van der Waals surface area contributed by atoms with Gasteiger partial charge in [0.25, 0.3) is 15.9 Å². The number of halogens is 1. The lowest BCUT2D eigenvalue weighted by Gasteiger charge is -2.13. The summed E-state index contributed by atoms with van der Waals surface area (Å²) in [4.78, 5) is 20.0. The Labute approximate surface area is 190 Å². The molecule has 1 saturated heterocycles. The van der Waals surface area contributed by atoms with Gasteiger partial charge in [0.15, 0.2) is 0 Å². The second kappa shape index (κ2) is 8.29. The number of aryl methyl sites for hydroxylation is 1. The molecule has 0 radical (unpaired) electrons. The number of amides is 1. The lowest BCUT2D eigenvalue weighted by atomic mass is 10.3. The van der Waals surface area contributed by atoms with Crippen molar-refractivity contribution < 1.29 is 13.2 Å². The summed E-state index contributed by atoms with van der Waals surface area (Å²) in [6, 6.07) is 8.08. The van der Waals surface area contributed by atoms with Gasteiger partial charge in [-0.05, 0) is 57.0 Å².